The van der Waals surface area contributed by atoms with Crippen LogP contribution in [0.3, 0.4) is 0 Å². The van der Waals surface area contributed by atoms with Gasteiger partial charge in [-0.3, -0.25) is 0 Å². The molecule has 0 bridgehead atoms. The third-order valence-electron chi connectivity index (χ3n) is 2.33. The Morgan fingerprint density at radius 3 is 3.00 bits per heavy atom. The van der Waals surface area contributed by atoms with Crippen LogP contribution in [0, 0.1) is 5.82 Å². The third kappa shape index (κ3) is 1.65. The lowest BCUT2D eigenvalue weighted by Crippen LogP contribution is -2.15. The summed E-state index contributed by atoms with van der Waals surface area (Å²) in [6.45, 7) is 0.508. The number of benzene rings is 1. The van der Waals surface area contributed by atoms with E-state index in [2.05, 4.69) is 0 Å². The Kier molecular flexibility index (Phi) is 2.52. The van der Waals surface area contributed by atoms with Gasteiger partial charge in [0.15, 0.2) is 5.82 Å². The van der Waals surface area contributed by atoms with Crippen LogP contribution < -0.4 is 4.74 Å². The van der Waals surface area contributed by atoms with Gasteiger partial charge >= 0.3 is 5.97 Å². The van der Waals surface area contributed by atoms with Crippen LogP contribution in [0.2, 0.25) is 5.02 Å². The molecular formula is C10H8ClFO3. The number of carboxylic acids is 1. The van der Waals surface area contributed by atoms with Crippen molar-refractivity contribution in [2.45, 2.75) is 12.8 Å². The van der Waals surface area contributed by atoms with Crippen molar-refractivity contribution >= 4 is 17.6 Å². The summed E-state index contributed by atoms with van der Waals surface area (Å²) in [4.78, 5) is 10.9. The highest BCUT2D eigenvalue weighted by Crippen LogP contribution is 2.34. The second-order valence-electron chi connectivity index (χ2n) is 3.28. The normalized spacial score (nSPS) is 14.3. The summed E-state index contributed by atoms with van der Waals surface area (Å²) in [6.07, 6.45) is 1.19. The molecule has 1 heterocycles. The minimum Gasteiger partial charge on any atom is -0.493 e. The number of aromatic carboxylic acids is 1. The molecular weight excluding hydrogens is 223 g/mol. The van der Waals surface area contributed by atoms with Gasteiger partial charge in [0.2, 0.25) is 0 Å². The highest BCUT2D eigenvalue weighted by Gasteiger charge is 2.25. The summed E-state index contributed by atoms with van der Waals surface area (Å²) in [5, 5.41) is 8.68. The van der Waals surface area contributed by atoms with Crippen molar-refractivity contribution in [1.29, 1.82) is 0 Å². The van der Waals surface area contributed by atoms with Gasteiger partial charge in [-0.05, 0) is 12.8 Å². The van der Waals surface area contributed by atoms with Crippen LogP contribution in [0.5, 0.6) is 5.75 Å². The molecule has 1 aliphatic rings. The molecule has 0 aliphatic carbocycles. The van der Waals surface area contributed by atoms with Crippen molar-refractivity contribution in [3.63, 3.8) is 0 Å². The van der Waals surface area contributed by atoms with Crippen molar-refractivity contribution < 1.29 is 19.0 Å². The van der Waals surface area contributed by atoms with E-state index in [4.69, 9.17) is 21.4 Å². The Balaban J connectivity index is 2.68. The SMILES string of the molecule is O=C(O)c1c(F)c(Cl)cc2c1CCCO2. The lowest BCUT2D eigenvalue weighted by molar-refractivity contribution is 0.0689. The zero-order chi connectivity index (χ0) is 11.0. The van der Waals surface area contributed by atoms with Crippen LogP contribution in [0.1, 0.15) is 22.3 Å². The monoisotopic (exact) mass is 230 g/mol. The molecule has 2 rings (SSSR count). The highest BCUT2D eigenvalue weighted by atomic mass is 35.5. The minimum absolute atomic E-state index is 0.215. The first kappa shape index (κ1) is 10.2. The van der Waals surface area contributed by atoms with Crippen molar-refractivity contribution in [2.75, 3.05) is 6.61 Å². The molecule has 0 saturated heterocycles. The van der Waals surface area contributed by atoms with Gasteiger partial charge in [-0.1, -0.05) is 11.6 Å². The number of carboxylic acid groups (broad SMARTS) is 1. The fraction of sp³-hybridized carbons (Fsp3) is 0.300. The van der Waals surface area contributed by atoms with Gasteiger partial charge in [0.1, 0.15) is 11.3 Å². The molecule has 1 N–H and O–H groups in total. The molecule has 0 amide bonds. The van der Waals surface area contributed by atoms with Gasteiger partial charge in [-0.15, -0.1) is 0 Å². The number of rotatable bonds is 1. The Bertz CT molecular complexity index is 431. The molecule has 0 radical (unpaired) electrons. The van der Waals surface area contributed by atoms with E-state index in [9.17, 15) is 9.18 Å². The van der Waals surface area contributed by atoms with Crippen LogP contribution in [0.25, 0.3) is 0 Å². The molecule has 5 heteroatoms. The first-order valence-electron chi connectivity index (χ1n) is 4.48. The zero-order valence-electron chi connectivity index (χ0n) is 7.72. The standard InChI is InChI=1S/C10H8ClFO3/c11-6-4-7-5(2-1-3-15-7)8(9(6)12)10(13)14/h4H,1-3H2,(H,13,14). The maximum Gasteiger partial charge on any atom is 0.339 e. The van der Waals surface area contributed by atoms with Crippen molar-refractivity contribution in [3.8, 4) is 5.75 Å². The number of hydrogen-bond donors (Lipinski definition) is 1. The fourth-order valence-corrected chi connectivity index (χ4v) is 1.87. The Morgan fingerprint density at radius 2 is 2.33 bits per heavy atom. The van der Waals surface area contributed by atoms with Crippen LogP contribution in [-0.2, 0) is 6.42 Å². The third-order valence-corrected chi connectivity index (χ3v) is 2.60. The summed E-state index contributed by atoms with van der Waals surface area (Å²) < 4.78 is 18.7. The number of ether oxygens (including phenoxy) is 1. The van der Waals surface area contributed by atoms with E-state index in [0.717, 1.165) is 0 Å². The molecule has 1 aromatic carbocycles. The highest BCUT2D eigenvalue weighted by molar-refractivity contribution is 6.31. The van der Waals surface area contributed by atoms with Crippen LogP contribution in [0.4, 0.5) is 4.39 Å². The summed E-state index contributed by atoms with van der Waals surface area (Å²) >= 11 is 5.58. The average Bonchev–Trinajstić information content (AvgIpc) is 2.19. The molecule has 0 spiro atoms. The van der Waals surface area contributed by atoms with Crippen molar-refractivity contribution in [1.82, 2.24) is 0 Å². The molecule has 3 nitrogen and oxygen atoms in total. The van der Waals surface area contributed by atoms with E-state index < -0.39 is 11.8 Å². The van der Waals surface area contributed by atoms with Gasteiger partial charge in [0, 0.05) is 11.6 Å². The topological polar surface area (TPSA) is 46.5 Å². The maximum absolute atomic E-state index is 13.5. The first-order valence-corrected chi connectivity index (χ1v) is 4.86. The molecule has 0 atom stereocenters. The lowest BCUT2D eigenvalue weighted by Gasteiger charge is -2.19. The summed E-state index contributed by atoms with van der Waals surface area (Å²) in [7, 11) is 0. The van der Waals surface area contributed by atoms with E-state index in [1.54, 1.807) is 0 Å². The largest absolute Gasteiger partial charge is 0.493 e. The van der Waals surface area contributed by atoms with Crippen LogP contribution in [-0.4, -0.2) is 17.7 Å². The second kappa shape index (κ2) is 3.70. The average molecular weight is 231 g/mol. The van der Waals surface area contributed by atoms with E-state index >= 15 is 0 Å². The molecule has 0 aromatic heterocycles. The van der Waals surface area contributed by atoms with Gasteiger partial charge in [-0.2, -0.15) is 0 Å². The van der Waals surface area contributed by atoms with Crippen molar-refractivity contribution in [3.05, 3.63) is 28.0 Å². The quantitative estimate of drug-likeness (QED) is 0.806. The Morgan fingerprint density at radius 1 is 1.60 bits per heavy atom. The second-order valence-corrected chi connectivity index (χ2v) is 3.69. The Hall–Kier alpha value is -1.29. The molecule has 0 saturated carbocycles. The number of hydrogen-bond acceptors (Lipinski definition) is 2. The van der Waals surface area contributed by atoms with E-state index in [0.29, 0.717) is 30.8 Å². The maximum atomic E-state index is 13.5. The van der Waals surface area contributed by atoms with E-state index in [1.807, 2.05) is 0 Å². The van der Waals surface area contributed by atoms with Gasteiger partial charge in [0.05, 0.1) is 11.6 Å². The summed E-state index contributed by atoms with van der Waals surface area (Å²) in [6, 6.07) is 1.33. The molecule has 0 fully saturated rings. The van der Waals surface area contributed by atoms with E-state index in [1.165, 1.54) is 6.07 Å². The minimum atomic E-state index is -1.31. The van der Waals surface area contributed by atoms with Crippen LogP contribution in [0.15, 0.2) is 6.07 Å². The summed E-state index contributed by atoms with van der Waals surface area (Å²) in [5.41, 5.74) is 0.0350. The molecule has 80 valence electrons. The van der Waals surface area contributed by atoms with Gasteiger partial charge < -0.3 is 9.84 Å². The Labute approximate surface area is 90.4 Å². The number of halogens is 2. The molecule has 1 aromatic rings. The number of carbonyl (C=O) groups is 1. The van der Waals surface area contributed by atoms with Crippen LogP contribution >= 0.6 is 11.6 Å². The van der Waals surface area contributed by atoms with Gasteiger partial charge in [-0.25, -0.2) is 9.18 Å². The molecule has 15 heavy (non-hydrogen) atoms. The molecule has 0 unspecified atom stereocenters. The van der Waals surface area contributed by atoms with E-state index in [-0.39, 0.29) is 10.6 Å². The lowest BCUT2D eigenvalue weighted by atomic mass is 9.99. The number of fused-ring (bicyclic) bond motifs is 1. The predicted octanol–water partition coefficient (Wildman–Crippen LogP) is 2.50. The molecule has 1 aliphatic heterocycles. The van der Waals surface area contributed by atoms with Crippen molar-refractivity contribution in [2.24, 2.45) is 0 Å². The zero-order valence-corrected chi connectivity index (χ0v) is 8.47. The summed E-state index contributed by atoms with van der Waals surface area (Å²) in [5.74, 6) is -1.81. The smallest absolute Gasteiger partial charge is 0.339 e. The van der Waals surface area contributed by atoms with Gasteiger partial charge in [0.25, 0.3) is 0 Å². The fourth-order valence-electron chi connectivity index (χ4n) is 1.67. The predicted molar refractivity (Wildman–Crippen MR) is 52.2 cm³/mol. The first-order chi connectivity index (χ1) is 7.11.